The third-order valence-electron chi connectivity index (χ3n) is 4.69. The Morgan fingerprint density at radius 3 is 2.62 bits per heavy atom. The monoisotopic (exact) mass is 403 g/mol. The molecule has 0 bridgehead atoms. The number of benzene rings is 3. The van der Waals surface area contributed by atoms with E-state index in [1.807, 2.05) is 75.4 Å². The van der Waals surface area contributed by atoms with Gasteiger partial charge in [0.25, 0.3) is 0 Å². The number of aryl methyl sites for hydroxylation is 2. The zero-order valence-corrected chi connectivity index (χ0v) is 17.3. The van der Waals surface area contributed by atoms with Crippen molar-refractivity contribution in [3.63, 3.8) is 0 Å². The predicted molar refractivity (Wildman–Crippen MR) is 117 cm³/mol. The summed E-state index contributed by atoms with van der Waals surface area (Å²) in [6.07, 6.45) is 0. The molecule has 0 aliphatic carbocycles. The average Bonchev–Trinajstić information content (AvgIpc) is 3.15. The van der Waals surface area contributed by atoms with E-state index in [1.165, 1.54) is 17.3 Å². The topological polar surface area (TPSA) is 72.7 Å². The van der Waals surface area contributed by atoms with Gasteiger partial charge in [0, 0.05) is 5.69 Å². The third-order valence-corrected chi connectivity index (χ3v) is 5.72. The Bertz CT molecular complexity index is 1190. The predicted octanol–water partition coefficient (Wildman–Crippen LogP) is 4.55. The molecule has 4 rings (SSSR count). The number of rotatable bonds is 5. The molecule has 6 nitrogen and oxygen atoms in total. The lowest BCUT2D eigenvalue weighted by atomic mass is 10.1. The molecule has 1 amide bonds. The first-order chi connectivity index (χ1) is 14.0. The van der Waals surface area contributed by atoms with Crippen molar-refractivity contribution in [3.8, 4) is 5.69 Å². The number of hydrogen-bond acceptors (Lipinski definition) is 5. The minimum absolute atomic E-state index is 0.0968. The van der Waals surface area contributed by atoms with Gasteiger partial charge in [0.1, 0.15) is 0 Å². The molecule has 1 heterocycles. The van der Waals surface area contributed by atoms with Gasteiger partial charge in [-0.3, -0.25) is 4.79 Å². The van der Waals surface area contributed by atoms with Crippen LogP contribution in [0.5, 0.6) is 0 Å². The SMILES string of the molecule is Cc1ccc(-n2nnnc2SC(C)C(=O)Nc2ccc3ccccc3c2)c(C)c1. The number of nitrogens with zero attached hydrogens (tertiary/aromatic N) is 4. The van der Waals surface area contributed by atoms with Crippen molar-refractivity contribution in [1.29, 1.82) is 0 Å². The van der Waals surface area contributed by atoms with E-state index in [4.69, 9.17) is 0 Å². The highest BCUT2D eigenvalue weighted by Crippen LogP contribution is 2.26. The number of amides is 1. The molecule has 0 spiro atoms. The molecule has 3 aromatic carbocycles. The normalized spacial score (nSPS) is 12.1. The highest BCUT2D eigenvalue weighted by molar-refractivity contribution is 8.00. The van der Waals surface area contributed by atoms with Crippen molar-refractivity contribution >= 4 is 34.1 Å². The average molecular weight is 404 g/mol. The number of thioether (sulfide) groups is 1. The highest BCUT2D eigenvalue weighted by Gasteiger charge is 2.20. The van der Waals surface area contributed by atoms with Gasteiger partial charge in [-0.2, -0.15) is 4.68 Å². The molecule has 1 atom stereocenters. The summed E-state index contributed by atoms with van der Waals surface area (Å²) < 4.78 is 1.68. The fourth-order valence-corrected chi connectivity index (χ4v) is 3.97. The number of hydrogen-bond donors (Lipinski definition) is 1. The van der Waals surface area contributed by atoms with Crippen LogP contribution in [0.15, 0.2) is 65.8 Å². The van der Waals surface area contributed by atoms with Crippen LogP contribution in [0.2, 0.25) is 0 Å². The summed E-state index contributed by atoms with van der Waals surface area (Å²) in [5, 5.41) is 17.5. The second kappa shape index (κ2) is 8.05. The van der Waals surface area contributed by atoms with Gasteiger partial charge in [-0.25, -0.2) is 0 Å². The molecule has 4 aromatic rings. The van der Waals surface area contributed by atoms with Gasteiger partial charge in [0.2, 0.25) is 11.1 Å². The van der Waals surface area contributed by atoms with Crippen LogP contribution in [0.3, 0.4) is 0 Å². The molecule has 0 saturated carbocycles. The smallest absolute Gasteiger partial charge is 0.237 e. The fraction of sp³-hybridized carbons (Fsp3) is 0.182. The number of fused-ring (bicyclic) bond motifs is 1. The highest BCUT2D eigenvalue weighted by atomic mass is 32.2. The summed E-state index contributed by atoms with van der Waals surface area (Å²) in [5.41, 5.74) is 3.93. The molecule has 1 unspecified atom stereocenters. The van der Waals surface area contributed by atoms with E-state index in [1.54, 1.807) is 4.68 Å². The van der Waals surface area contributed by atoms with E-state index in [0.29, 0.717) is 5.16 Å². The summed E-state index contributed by atoms with van der Waals surface area (Å²) in [4.78, 5) is 12.7. The van der Waals surface area contributed by atoms with Crippen LogP contribution in [-0.4, -0.2) is 31.4 Å². The molecular weight excluding hydrogens is 382 g/mol. The van der Waals surface area contributed by atoms with Gasteiger partial charge in [-0.15, -0.1) is 5.10 Å². The Morgan fingerprint density at radius 2 is 1.83 bits per heavy atom. The summed E-state index contributed by atoms with van der Waals surface area (Å²) >= 11 is 1.33. The Labute approximate surface area is 173 Å². The molecule has 29 heavy (non-hydrogen) atoms. The summed E-state index contributed by atoms with van der Waals surface area (Å²) in [5.74, 6) is -0.0968. The number of tetrazole rings is 1. The molecule has 0 fully saturated rings. The van der Waals surface area contributed by atoms with E-state index < -0.39 is 0 Å². The minimum atomic E-state index is -0.364. The number of aromatic nitrogens is 4. The molecular formula is C22H21N5OS. The van der Waals surface area contributed by atoms with Crippen molar-refractivity contribution < 1.29 is 4.79 Å². The van der Waals surface area contributed by atoms with Crippen molar-refractivity contribution in [2.45, 2.75) is 31.2 Å². The van der Waals surface area contributed by atoms with Crippen LogP contribution < -0.4 is 5.32 Å². The summed E-state index contributed by atoms with van der Waals surface area (Å²) in [6, 6.07) is 20.1. The molecule has 146 valence electrons. The number of carbonyl (C=O) groups excluding carboxylic acids is 1. The Balaban J connectivity index is 1.50. The lowest BCUT2D eigenvalue weighted by Gasteiger charge is -2.13. The van der Waals surface area contributed by atoms with Crippen molar-refractivity contribution in [2.75, 3.05) is 5.32 Å². The summed E-state index contributed by atoms with van der Waals surface area (Å²) in [6.45, 7) is 5.92. The van der Waals surface area contributed by atoms with Crippen LogP contribution in [0, 0.1) is 13.8 Å². The lowest BCUT2D eigenvalue weighted by Crippen LogP contribution is -2.23. The van der Waals surface area contributed by atoms with Crippen molar-refractivity contribution in [1.82, 2.24) is 20.2 Å². The van der Waals surface area contributed by atoms with Crippen LogP contribution in [0.25, 0.3) is 16.5 Å². The van der Waals surface area contributed by atoms with Crippen molar-refractivity contribution in [3.05, 3.63) is 71.8 Å². The van der Waals surface area contributed by atoms with E-state index in [2.05, 4.69) is 26.9 Å². The van der Waals surface area contributed by atoms with Gasteiger partial charge in [-0.1, -0.05) is 59.8 Å². The van der Waals surface area contributed by atoms with Crippen LogP contribution in [0.1, 0.15) is 18.1 Å². The van der Waals surface area contributed by atoms with Gasteiger partial charge in [-0.05, 0) is 65.7 Å². The fourth-order valence-electron chi connectivity index (χ4n) is 3.17. The molecule has 0 aliphatic rings. The van der Waals surface area contributed by atoms with E-state index in [-0.39, 0.29) is 11.2 Å². The first-order valence-corrected chi connectivity index (χ1v) is 10.2. The van der Waals surface area contributed by atoms with Gasteiger partial charge in [0.05, 0.1) is 10.9 Å². The molecule has 0 radical (unpaired) electrons. The van der Waals surface area contributed by atoms with Crippen molar-refractivity contribution in [2.24, 2.45) is 0 Å². The minimum Gasteiger partial charge on any atom is -0.325 e. The van der Waals surface area contributed by atoms with Crippen LogP contribution >= 0.6 is 11.8 Å². The van der Waals surface area contributed by atoms with Crippen LogP contribution in [-0.2, 0) is 4.79 Å². The zero-order chi connectivity index (χ0) is 20.4. The van der Waals surface area contributed by atoms with E-state index in [0.717, 1.165) is 27.7 Å². The largest absolute Gasteiger partial charge is 0.325 e. The lowest BCUT2D eigenvalue weighted by molar-refractivity contribution is -0.115. The van der Waals surface area contributed by atoms with E-state index >= 15 is 0 Å². The standard InChI is InChI=1S/C22H21N5OS/c1-14-8-11-20(15(2)12-14)27-22(24-25-26-27)29-16(3)21(28)23-19-10-9-17-6-4-5-7-18(17)13-19/h4-13,16H,1-3H3,(H,23,28). The Kier molecular flexibility index (Phi) is 5.31. The Morgan fingerprint density at radius 1 is 1.03 bits per heavy atom. The number of carbonyl (C=O) groups is 1. The second-order valence-corrected chi connectivity index (χ2v) is 8.28. The van der Waals surface area contributed by atoms with Crippen LogP contribution in [0.4, 0.5) is 5.69 Å². The number of nitrogens with one attached hydrogen (secondary N) is 1. The second-order valence-electron chi connectivity index (χ2n) is 6.97. The molecule has 1 aromatic heterocycles. The molecule has 1 N–H and O–H groups in total. The summed E-state index contributed by atoms with van der Waals surface area (Å²) in [7, 11) is 0. The van der Waals surface area contributed by atoms with Gasteiger partial charge < -0.3 is 5.32 Å². The maximum absolute atomic E-state index is 12.7. The van der Waals surface area contributed by atoms with E-state index in [9.17, 15) is 4.79 Å². The quantitative estimate of drug-likeness (QED) is 0.495. The zero-order valence-electron chi connectivity index (χ0n) is 16.5. The Hall–Kier alpha value is -3.19. The maximum atomic E-state index is 12.7. The molecule has 7 heteroatoms. The third kappa shape index (κ3) is 4.14. The molecule has 0 saturated heterocycles. The maximum Gasteiger partial charge on any atom is 0.237 e. The first kappa shape index (κ1) is 19.1. The van der Waals surface area contributed by atoms with Gasteiger partial charge >= 0.3 is 0 Å². The van der Waals surface area contributed by atoms with Gasteiger partial charge in [0.15, 0.2) is 0 Å². The number of anilines is 1. The molecule has 0 aliphatic heterocycles. The first-order valence-electron chi connectivity index (χ1n) is 9.33.